The van der Waals surface area contributed by atoms with Crippen molar-refractivity contribution in [2.24, 2.45) is 5.92 Å². The number of rotatable bonds is 4. The number of carbonyl (C=O) groups is 2. The molecule has 20 heavy (non-hydrogen) atoms. The summed E-state index contributed by atoms with van der Waals surface area (Å²) in [5.41, 5.74) is 0. The van der Waals surface area contributed by atoms with Crippen LogP contribution in [0.3, 0.4) is 0 Å². The van der Waals surface area contributed by atoms with E-state index in [1.807, 2.05) is 16.7 Å². The zero-order valence-electron chi connectivity index (χ0n) is 12.7. The molecule has 0 aromatic heterocycles. The minimum atomic E-state index is -0.314. The van der Waals surface area contributed by atoms with E-state index in [9.17, 15) is 9.59 Å². The highest BCUT2D eigenvalue weighted by Gasteiger charge is 2.38. The number of hydrogen-bond acceptors (Lipinski definition) is 3. The molecule has 1 aliphatic heterocycles. The first-order valence-electron chi connectivity index (χ1n) is 7.64. The van der Waals surface area contributed by atoms with Crippen LogP contribution in [-0.2, 0) is 9.59 Å². The third-order valence-electron chi connectivity index (χ3n) is 4.31. The maximum atomic E-state index is 12.6. The molecule has 0 spiro atoms. The summed E-state index contributed by atoms with van der Waals surface area (Å²) in [6.45, 7) is 4.42. The lowest BCUT2D eigenvalue weighted by Crippen LogP contribution is -2.61. The fourth-order valence-corrected chi connectivity index (χ4v) is 4.11. The van der Waals surface area contributed by atoms with E-state index in [0.29, 0.717) is 11.2 Å². The molecular formula is C15H26N2O2S. The number of nitrogens with one attached hydrogen (secondary N) is 1. The van der Waals surface area contributed by atoms with E-state index in [-0.39, 0.29) is 30.4 Å². The van der Waals surface area contributed by atoms with Crippen LogP contribution in [0.5, 0.6) is 0 Å². The molecule has 0 radical (unpaired) electrons. The van der Waals surface area contributed by atoms with E-state index in [1.54, 1.807) is 0 Å². The van der Waals surface area contributed by atoms with E-state index >= 15 is 0 Å². The molecule has 1 heterocycles. The van der Waals surface area contributed by atoms with Gasteiger partial charge >= 0.3 is 0 Å². The van der Waals surface area contributed by atoms with Crippen LogP contribution in [0.4, 0.5) is 0 Å². The second kappa shape index (κ2) is 6.83. The first-order chi connectivity index (χ1) is 9.51. The molecule has 5 heteroatoms. The van der Waals surface area contributed by atoms with Gasteiger partial charge in [-0.25, -0.2) is 0 Å². The van der Waals surface area contributed by atoms with Gasteiger partial charge in [-0.15, -0.1) is 0 Å². The standard InChI is InChI=1S/C15H26N2O2S/c1-10(2)7-13-15(19)17(9-14(18)16-13)11-5-4-6-12(8-11)20-3/h10-13H,4-9H2,1-3H3,(H,16,18). The average molecular weight is 298 g/mol. The van der Waals surface area contributed by atoms with Gasteiger partial charge < -0.3 is 10.2 Å². The van der Waals surface area contributed by atoms with Crippen molar-refractivity contribution in [1.29, 1.82) is 0 Å². The third kappa shape index (κ3) is 3.68. The van der Waals surface area contributed by atoms with Crippen LogP contribution in [0.25, 0.3) is 0 Å². The van der Waals surface area contributed by atoms with Crippen molar-refractivity contribution in [2.45, 2.75) is 63.3 Å². The second-order valence-electron chi connectivity index (χ2n) is 6.39. The lowest BCUT2D eigenvalue weighted by atomic mass is 9.91. The molecule has 114 valence electrons. The Hall–Kier alpha value is -0.710. The van der Waals surface area contributed by atoms with Gasteiger partial charge in [-0.3, -0.25) is 9.59 Å². The molecule has 2 amide bonds. The number of hydrogen-bond donors (Lipinski definition) is 1. The molecule has 3 atom stereocenters. The summed E-state index contributed by atoms with van der Waals surface area (Å²) in [5.74, 6) is 0.543. The highest BCUT2D eigenvalue weighted by atomic mass is 32.2. The lowest BCUT2D eigenvalue weighted by Gasteiger charge is -2.41. The van der Waals surface area contributed by atoms with E-state index in [0.717, 1.165) is 25.7 Å². The molecule has 2 aliphatic rings. The Morgan fingerprint density at radius 3 is 2.75 bits per heavy atom. The van der Waals surface area contributed by atoms with Crippen LogP contribution < -0.4 is 5.32 Å². The Kier molecular flexibility index (Phi) is 5.35. The Bertz CT molecular complexity index is 373. The zero-order chi connectivity index (χ0) is 14.7. The van der Waals surface area contributed by atoms with Crippen molar-refractivity contribution in [3.8, 4) is 0 Å². The summed E-state index contributed by atoms with van der Waals surface area (Å²) in [4.78, 5) is 26.4. The summed E-state index contributed by atoms with van der Waals surface area (Å²) in [7, 11) is 0. The molecule has 3 unspecified atom stereocenters. The minimum Gasteiger partial charge on any atom is -0.343 e. The molecule has 2 fully saturated rings. The number of nitrogens with zero attached hydrogens (tertiary/aromatic N) is 1. The van der Waals surface area contributed by atoms with Crippen LogP contribution in [0.2, 0.25) is 0 Å². The summed E-state index contributed by atoms with van der Waals surface area (Å²) in [5, 5.41) is 3.49. The van der Waals surface area contributed by atoms with Gasteiger partial charge in [0.05, 0.1) is 6.54 Å². The van der Waals surface area contributed by atoms with Crippen molar-refractivity contribution in [1.82, 2.24) is 10.2 Å². The van der Waals surface area contributed by atoms with Crippen molar-refractivity contribution >= 4 is 23.6 Å². The van der Waals surface area contributed by atoms with E-state index < -0.39 is 0 Å². The highest BCUT2D eigenvalue weighted by Crippen LogP contribution is 2.31. The Morgan fingerprint density at radius 1 is 1.35 bits per heavy atom. The van der Waals surface area contributed by atoms with Gasteiger partial charge in [-0.1, -0.05) is 20.3 Å². The van der Waals surface area contributed by atoms with E-state index in [1.165, 1.54) is 6.42 Å². The number of amides is 2. The fraction of sp³-hybridized carbons (Fsp3) is 0.867. The van der Waals surface area contributed by atoms with Gasteiger partial charge in [-0.2, -0.15) is 11.8 Å². The molecule has 1 aliphatic carbocycles. The van der Waals surface area contributed by atoms with Crippen LogP contribution in [0, 0.1) is 5.92 Å². The highest BCUT2D eigenvalue weighted by molar-refractivity contribution is 7.99. The normalized spacial score (nSPS) is 31.6. The minimum absolute atomic E-state index is 0.00141. The smallest absolute Gasteiger partial charge is 0.245 e. The second-order valence-corrected chi connectivity index (χ2v) is 7.53. The lowest BCUT2D eigenvalue weighted by molar-refractivity contribution is -0.147. The van der Waals surface area contributed by atoms with Gasteiger partial charge in [0.15, 0.2) is 0 Å². The summed E-state index contributed by atoms with van der Waals surface area (Å²) in [6, 6.07) is -0.0553. The summed E-state index contributed by atoms with van der Waals surface area (Å²) < 4.78 is 0. The SMILES string of the molecule is CSC1CCCC(N2CC(=O)NC(CC(C)C)C2=O)C1. The number of carbonyl (C=O) groups excluding carboxylic acids is 2. The Morgan fingerprint density at radius 2 is 2.10 bits per heavy atom. The summed E-state index contributed by atoms with van der Waals surface area (Å²) in [6.07, 6.45) is 7.36. The molecule has 0 aromatic carbocycles. The predicted octanol–water partition coefficient (Wildman–Crippen LogP) is 2.03. The first-order valence-corrected chi connectivity index (χ1v) is 8.92. The average Bonchev–Trinajstić information content (AvgIpc) is 2.42. The molecule has 1 N–H and O–H groups in total. The van der Waals surface area contributed by atoms with Crippen molar-refractivity contribution in [3.05, 3.63) is 0 Å². The maximum absolute atomic E-state index is 12.6. The van der Waals surface area contributed by atoms with Crippen LogP contribution >= 0.6 is 11.8 Å². The quantitative estimate of drug-likeness (QED) is 0.864. The molecule has 0 bridgehead atoms. The molecule has 1 saturated heterocycles. The topological polar surface area (TPSA) is 49.4 Å². The molecule has 4 nitrogen and oxygen atoms in total. The van der Waals surface area contributed by atoms with Crippen molar-refractivity contribution in [3.63, 3.8) is 0 Å². The van der Waals surface area contributed by atoms with Crippen LogP contribution in [0.1, 0.15) is 46.0 Å². The van der Waals surface area contributed by atoms with Gasteiger partial charge in [0.2, 0.25) is 11.8 Å². The molecule has 1 saturated carbocycles. The van der Waals surface area contributed by atoms with Crippen LogP contribution in [-0.4, -0.2) is 46.8 Å². The summed E-state index contributed by atoms with van der Waals surface area (Å²) >= 11 is 1.89. The van der Waals surface area contributed by atoms with E-state index in [2.05, 4.69) is 25.4 Å². The van der Waals surface area contributed by atoms with Crippen molar-refractivity contribution < 1.29 is 9.59 Å². The third-order valence-corrected chi connectivity index (χ3v) is 5.40. The van der Waals surface area contributed by atoms with Gasteiger partial charge in [0, 0.05) is 11.3 Å². The fourth-order valence-electron chi connectivity index (χ4n) is 3.29. The van der Waals surface area contributed by atoms with Gasteiger partial charge in [0.1, 0.15) is 6.04 Å². The van der Waals surface area contributed by atoms with E-state index in [4.69, 9.17) is 0 Å². The van der Waals surface area contributed by atoms with Crippen LogP contribution in [0.15, 0.2) is 0 Å². The van der Waals surface area contributed by atoms with Gasteiger partial charge in [-0.05, 0) is 37.9 Å². The zero-order valence-corrected chi connectivity index (χ0v) is 13.5. The Labute approximate surface area is 126 Å². The Balaban J connectivity index is 2.05. The molecular weight excluding hydrogens is 272 g/mol. The maximum Gasteiger partial charge on any atom is 0.245 e. The van der Waals surface area contributed by atoms with Crippen molar-refractivity contribution in [2.75, 3.05) is 12.8 Å². The molecule has 2 rings (SSSR count). The monoisotopic (exact) mass is 298 g/mol. The predicted molar refractivity (Wildman–Crippen MR) is 82.7 cm³/mol. The number of thioether (sulfide) groups is 1. The first kappa shape index (κ1) is 15.7. The van der Waals surface area contributed by atoms with Gasteiger partial charge in [0.25, 0.3) is 0 Å². The molecule has 0 aromatic rings. The largest absolute Gasteiger partial charge is 0.343 e. The number of piperazine rings is 1.